The molecule has 1 aromatic rings. The van der Waals surface area contributed by atoms with Gasteiger partial charge in [0.2, 0.25) is 0 Å². The highest BCUT2D eigenvalue weighted by Crippen LogP contribution is 2.29. The lowest BCUT2D eigenvalue weighted by atomic mass is 9.90. The number of aliphatic hydroxyl groups is 1. The largest absolute Gasteiger partial charge is 0.573 e. The molecule has 1 aromatic carbocycles. The molecule has 124 valence electrons. The predicted molar refractivity (Wildman–Crippen MR) is 74.7 cm³/mol. The van der Waals surface area contributed by atoms with E-state index in [0.717, 1.165) is 6.54 Å². The normalized spacial score (nSPS) is 22.1. The number of para-hydroxylation sites is 1. The molecule has 1 aliphatic heterocycles. The molecule has 1 aliphatic rings. The third kappa shape index (κ3) is 4.86. The van der Waals surface area contributed by atoms with Crippen LogP contribution in [-0.4, -0.2) is 42.9 Å². The lowest BCUT2D eigenvalue weighted by Gasteiger charge is -2.36. The van der Waals surface area contributed by atoms with Crippen LogP contribution in [0.3, 0.4) is 0 Å². The molecule has 1 fully saturated rings. The first-order chi connectivity index (χ1) is 10.3. The number of morpholine rings is 1. The van der Waals surface area contributed by atoms with Gasteiger partial charge in [0.1, 0.15) is 5.75 Å². The second-order valence-electron chi connectivity index (χ2n) is 5.58. The van der Waals surface area contributed by atoms with Crippen molar-refractivity contribution < 1.29 is 27.8 Å². The fourth-order valence-electron chi connectivity index (χ4n) is 2.45. The molecule has 0 radical (unpaired) electrons. The predicted octanol–water partition coefficient (Wildman–Crippen LogP) is 2.26. The van der Waals surface area contributed by atoms with Crippen molar-refractivity contribution in [3.8, 4) is 5.75 Å². The van der Waals surface area contributed by atoms with Crippen LogP contribution in [-0.2, 0) is 11.2 Å². The Hall–Kier alpha value is -1.31. The van der Waals surface area contributed by atoms with E-state index < -0.39 is 12.0 Å². The Kier molecular flexibility index (Phi) is 5.31. The maximum atomic E-state index is 12.4. The molecular formula is C15H20F3NO3. The van der Waals surface area contributed by atoms with Crippen LogP contribution >= 0.6 is 0 Å². The van der Waals surface area contributed by atoms with E-state index >= 15 is 0 Å². The van der Waals surface area contributed by atoms with Crippen molar-refractivity contribution in [2.45, 2.75) is 37.8 Å². The Morgan fingerprint density at radius 1 is 1.36 bits per heavy atom. The van der Waals surface area contributed by atoms with E-state index in [1.165, 1.54) is 12.1 Å². The van der Waals surface area contributed by atoms with Crippen molar-refractivity contribution >= 4 is 0 Å². The molecule has 22 heavy (non-hydrogen) atoms. The molecule has 0 spiro atoms. The van der Waals surface area contributed by atoms with Crippen LogP contribution in [0.15, 0.2) is 24.3 Å². The standard InChI is InChI=1S/C15H20F3NO3/c1-14(20,13-10-19-8-9-21-13)7-6-11-4-2-3-5-12(11)22-15(16,17)18/h2-5,13,19-20H,6-10H2,1H3. The van der Waals surface area contributed by atoms with E-state index in [2.05, 4.69) is 10.1 Å². The summed E-state index contributed by atoms with van der Waals surface area (Å²) in [5.41, 5.74) is -0.720. The Morgan fingerprint density at radius 2 is 2.09 bits per heavy atom. The van der Waals surface area contributed by atoms with Gasteiger partial charge in [-0.05, 0) is 31.4 Å². The molecule has 1 saturated heterocycles. The first kappa shape index (κ1) is 17.1. The highest BCUT2D eigenvalue weighted by atomic mass is 19.4. The summed E-state index contributed by atoms with van der Waals surface area (Å²) in [7, 11) is 0. The van der Waals surface area contributed by atoms with E-state index in [0.29, 0.717) is 18.7 Å². The fourth-order valence-corrected chi connectivity index (χ4v) is 2.45. The first-order valence-electron chi connectivity index (χ1n) is 7.16. The van der Waals surface area contributed by atoms with Gasteiger partial charge in [0, 0.05) is 13.1 Å². The second kappa shape index (κ2) is 6.85. The van der Waals surface area contributed by atoms with Gasteiger partial charge < -0.3 is 19.9 Å². The molecule has 0 bridgehead atoms. The summed E-state index contributed by atoms with van der Waals surface area (Å²) in [5, 5.41) is 13.6. The molecule has 0 aliphatic carbocycles. The summed E-state index contributed by atoms with van der Waals surface area (Å²) in [4.78, 5) is 0. The number of hydrogen-bond donors (Lipinski definition) is 2. The van der Waals surface area contributed by atoms with Gasteiger partial charge in [-0.25, -0.2) is 0 Å². The molecule has 0 aromatic heterocycles. The molecule has 2 atom stereocenters. The summed E-state index contributed by atoms with van der Waals surface area (Å²) in [6.45, 7) is 3.40. The minimum atomic E-state index is -4.73. The molecule has 2 N–H and O–H groups in total. The summed E-state index contributed by atoms with van der Waals surface area (Å²) in [6.07, 6.45) is -4.57. The van der Waals surface area contributed by atoms with E-state index in [1.54, 1.807) is 19.1 Å². The van der Waals surface area contributed by atoms with Gasteiger partial charge in [-0.1, -0.05) is 18.2 Å². The van der Waals surface area contributed by atoms with Gasteiger partial charge >= 0.3 is 6.36 Å². The Labute approximate surface area is 127 Å². The molecule has 0 amide bonds. The Bertz CT molecular complexity index is 485. The van der Waals surface area contributed by atoms with E-state index in [1.807, 2.05) is 0 Å². The average molecular weight is 319 g/mol. The molecule has 4 nitrogen and oxygen atoms in total. The van der Waals surface area contributed by atoms with Crippen LogP contribution in [0.4, 0.5) is 13.2 Å². The van der Waals surface area contributed by atoms with Crippen LogP contribution in [0.1, 0.15) is 18.9 Å². The van der Waals surface area contributed by atoms with Gasteiger partial charge in [-0.15, -0.1) is 13.2 Å². The number of aryl methyl sites for hydroxylation is 1. The SMILES string of the molecule is CC(O)(CCc1ccccc1OC(F)(F)F)C1CNCCO1. The van der Waals surface area contributed by atoms with Gasteiger partial charge in [-0.3, -0.25) is 0 Å². The van der Waals surface area contributed by atoms with Crippen LogP contribution in [0.2, 0.25) is 0 Å². The average Bonchev–Trinajstić information content (AvgIpc) is 2.46. The fraction of sp³-hybridized carbons (Fsp3) is 0.600. The highest BCUT2D eigenvalue weighted by molar-refractivity contribution is 5.33. The minimum absolute atomic E-state index is 0.228. The lowest BCUT2D eigenvalue weighted by Crippen LogP contribution is -2.51. The summed E-state index contributed by atoms with van der Waals surface area (Å²) >= 11 is 0. The third-order valence-electron chi connectivity index (χ3n) is 3.72. The summed E-state index contributed by atoms with van der Waals surface area (Å²) in [6, 6.07) is 5.97. The first-order valence-corrected chi connectivity index (χ1v) is 7.16. The topological polar surface area (TPSA) is 50.7 Å². The third-order valence-corrected chi connectivity index (χ3v) is 3.72. The Morgan fingerprint density at radius 3 is 2.73 bits per heavy atom. The second-order valence-corrected chi connectivity index (χ2v) is 5.58. The zero-order valence-corrected chi connectivity index (χ0v) is 12.3. The van der Waals surface area contributed by atoms with Crippen LogP contribution < -0.4 is 10.1 Å². The number of rotatable bonds is 5. The van der Waals surface area contributed by atoms with Crippen LogP contribution in [0.25, 0.3) is 0 Å². The van der Waals surface area contributed by atoms with Gasteiger partial charge in [-0.2, -0.15) is 0 Å². The van der Waals surface area contributed by atoms with E-state index in [-0.39, 0.29) is 24.7 Å². The summed E-state index contributed by atoms with van der Waals surface area (Å²) in [5.74, 6) is -0.228. The minimum Gasteiger partial charge on any atom is -0.406 e. The molecule has 1 heterocycles. The number of hydrogen-bond acceptors (Lipinski definition) is 4. The number of benzene rings is 1. The monoisotopic (exact) mass is 319 g/mol. The highest BCUT2D eigenvalue weighted by Gasteiger charge is 2.35. The van der Waals surface area contributed by atoms with E-state index in [9.17, 15) is 18.3 Å². The zero-order chi connectivity index (χ0) is 16.2. The number of nitrogens with one attached hydrogen (secondary N) is 1. The number of ether oxygens (including phenoxy) is 2. The molecular weight excluding hydrogens is 299 g/mol. The van der Waals surface area contributed by atoms with Crippen molar-refractivity contribution in [2.75, 3.05) is 19.7 Å². The van der Waals surface area contributed by atoms with Gasteiger partial charge in [0.05, 0.1) is 18.3 Å². The maximum absolute atomic E-state index is 12.4. The molecule has 2 rings (SSSR count). The smallest absolute Gasteiger partial charge is 0.406 e. The van der Waals surface area contributed by atoms with Crippen molar-refractivity contribution in [3.63, 3.8) is 0 Å². The number of halogens is 3. The maximum Gasteiger partial charge on any atom is 0.573 e. The summed E-state index contributed by atoms with van der Waals surface area (Å²) < 4.78 is 46.7. The van der Waals surface area contributed by atoms with Gasteiger partial charge in [0.25, 0.3) is 0 Å². The lowest BCUT2D eigenvalue weighted by molar-refractivity contribution is -0.274. The van der Waals surface area contributed by atoms with Crippen molar-refractivity contribution in [2.24, 2.45) is 0 Å². The van der Waals surface area contributed by atoms with Crippen LogP contribution in [0, 0.1) is 0 Å². The molecule has 0 saturated carbocycles. The van der Waals surface area contributed by atoms with Crippen molar-refractivity contribution in [1.29, 1.82) is 0 Å². The molecule has 7 heteroatoms. The van der Waals surface area contributed by atoms with E-state index in [4.69, 9.17) is 4.74 Å². The van der Waals surface area contributed by atoms with Gasteiger partial charge in [0.15, 0.2) is 0 Å². The van der Waals surface area contributed by atoms with Crippen molar-refractivity contribution in [1.82, 2.24) is 5.32 Å². The van der Waals surface area contributed by atoms with Crippen LogP contribution in [0.5, 0.6) is 5.75 Å². The van der Waals surface area contributed by atoms with Crippen molar-refractivity contribution in [3.05, 3.63) is 29.8 Å². The molecule has 2 unspecified atom stereocenters. The Balaban J connectivity index is 2.01. The zero-order valence-electron chi connectivity index (χ0n) is 12.3. The quantitative estimate of drug-likeness (QED) is 0.874. The number of alkyl halides is 3.